The molecular weight excluding hydrogens is 266 g/mol. The van der Waals surface area contributed by atoms with Crippen molar-refractivity contribution in [1.82, 2.24) is 5.32 Å². The molecule has 1 aliphatic rings. The Hall–Kier alpha value is -0.610. The molecule has 1 heterocycles. The Bertz CT molecular complexity index is 317. The van der Waals surface area contributed by atoms with Gasteiger partial charge in [0.15, 0.2) is 0 Å². The minimum absolute atomic E-state index is 0.0677. The zero-order valence-electron chi connectivity index (χ0n) is 14.3. The Morgan fingerprint density at radius 2 is 1.81 bits per heavy atom. The molecule has 21 heavy (non-hydrogen) atoms. The van der Waals surface area contributed by atoms with Gasteiger partial charge in [0.1, 0.15) is 5.72 Å². The van der Waals surface area contributed by atoms with Crippen LogP contribution in [0, 0.1) is 0 Å². The van der Waals surface area contributed by atoms with E-state index in [4.69, 9.17) is 4.74 Å². The number of methoxy groups -OCH3 is 1. The van der Waals surface area contributed by atoms with Gasteiger partial charge in [-0.3, -0.25) is 10.1 Å². The molecule has 4 nitrogen and oxygen atoms in total. The number of hydrogen-bond donors (Lipinski definition) is 1. The molecule has 1 aliphatic heterocycles. The highest BCUT2D eigenvalue weighted by molar-refractivity contribution is 5.68. The summed E-state index contributed by atoms with van der Waals surface area (Å²) in [6.07, 6.45) is 9.39. The van der Waals surface area contributed by atoms with Crippen LogP contribution in [0.1, 0.15) is 78.6 Å². The topological polar surface area (TPSA) is 47.6 Å². The van der Waals surface area contributed by atoms with Crippen LogP contribution in [0.15, 0.2) is 0 Å². The maximum Gasteiger partial charge on any atom is 0.305 e. The van der Waals surface area contributed by atoms with Gasteiger partial charge in [-0.25, -0.2) is 0 Å². The molecule has 0 spiro atoms. The lowest BCUT2D eigenvalue weighted by Crippen LogP contribution is -2.48. The second-order valence-electron chi connectivity index (χ2n) is 6.89. The van der Waals surface area contributed by atoms with E-state index in [0.717, 1.165) is 38.7 Å². The molecule has 124 valence electrons. The maximum atomic E-state index is 11.1. The predicted octanol–water partition coefficient (Wildman–Crippen LogP) is 3.78. The van der Waals surface area contributed by atoms with Gasteiger partial charge in [-0.05, 0) is 46.0 Å². The molecule has 0 aromatic rings. The van der Waals surface area contributed by atoms with Gasteiger partial charge < -0.3 is 9.47 Å². The van der Waals surface area contributed by atoms with Crippen molar-refractivity contribution < 1.29 is 14.3 Å². The number of unbranched alkanes of at least 4 members (excludes halogenated alkanes) is 4. The number of carbonyl (C=O) groups is 1. The van der Waals surface area contributed by atoms with Crippen molar-refractivity contribution in [3.05, 3.63) is 0 Å². The van der Waals surface area contributed by atoms with E-state index < -0.39 is 0 Å². The largest absolute Gasteiger partial charge is 0.469 e. The zero-order chi connectivity index (χ0) is 15.8. The van der Waals surface area contributed by atoms with Crippen LogP contribution < -0.4 is 5.32 Å². The van der Waals surface area contributed by atoms with Gasteiger partial charge in [-0.1, -0.05) is 26.2 Å². The van der Waals surface area contributed by atoms with E-state index in [2.05, 4.69) is 30.8 Å². The fourth-order valence-electron chi connectivity index (χ4n) is 3.02. The highest BCUT2D eigenvalue weighted by Gasteiger charge is 2.42. The van der Waals surface area contributed by atoms with Crippen LogP contribution in [0.2, 0.25) is 0 Å². The summed E-state index contributed by atoms with van der Waals surface area (Å²) in [6.45, 7) is 7.41. The minimum Gasteiger partial charge on any atom is -0.469 e. The van der Waals surface area contributed by atoms with E-state index in [-0.39, 0.29) is 17.2 Å². The molecule has 0 amide bonds. The number of rotatable bonds is 10. The summed E-state index contributed by atoms with van der Waals surface area (Å²) in [5.41, 5.74) is -0.0812. The van der Waals surface area contributed by atoms with Gasteiger partial charge in [-0.2, -0.15) is 0 Å². The van der Waals surface area contributed by atoms with Crippen LogP contribution in [0.4, 0.5) is 0 Å². The van der Waals surface area contributed by atoms with Crippen LogP contribution in [-0.2, 0) is 14.3 Å². The molecule has 1 N–H and O–H groups in total. The second-order valence-corrected chi connectivity index (χ2v) is 6.89. The lowest BCUT2D eigenvalue weighted by molar-refractivity contribution is -0.140. The number of carbonyl (C=O) groups excluding carboxylic acids is 1. The summed E-state index contributed by atoms with van der Waals surface area (Å²) in [7, 11) is 1.45. The normalized spacial score (nSPS) is 24.2. The maximum absolute atomic E-state index is 11.1. The molecule has 1 atom stereocenters. The highest BCUT2D eigenvalue weighted by Crippen LogP contribution is 2.32. The van der Waals surface area contributed by atoms with Gasteiger partial charge in [0.25, 0.3) is 0 Å². The summed E-state index contributed by atoms with van der Waals surface area (Å²) < 4.78 is 10.8. The van der Waals surface area contributed by atoms with Gasteiger partial charge in [0.05, 0.1) is 13.7 Å². The molecule has 0 aliphatic carbocycles. The van der Waals surface area contributed by atoms with Crippen molar-refractivity contribution in [1.29, 1.82) is 0 Å². The number of nitrogens with one attached hydrogen (secondary N) is 1. The highest BCUT2D eigenvalue weighted by atomic mass is 16.5. The lowest BCUT2D eigenvalue weighted by Gasteiger charge is -2.31. The van der Waals surface area contributed by atoms with Gasteiger partial charge in [-0.15, -0.1) is 0 Å². The number of ether oxygens (including phenoxy) is 2. The first kappa shape index (κ1) is 18.4. The number of esters is 1. The quantitative estimate of drug-likeness (QED) is 0.492. The number of hydrogen-bond acceptors (Lipinski definition) is 4. The van der Waals surface area contributed by atoms with Crippen LogP contribution in [0.5, 0.6) is 0 Å². The molecule has 0 radical (unpaired) electrons. The Morgan fingerprint density at radius 3 is 2.33 bits per heavy atom. The molecule has 1 fully saturated rings. The van der Waals surface area contributed by atoms with Crippen LogP contribution in [0.25, 0.3) is 0 Å². The van der Waals surface area contributed by atoms with Crippen molar-refractivity contribution in [3.8, 4) is 0 Å². The first-order valence-electron chi connectivity index (χ1n) is 8.43. The Labute approximate surface area is 130 Å². The zero-order valence-corrected chi connectivity index (χ0v) is 14.3. The predicted molar refractivity (Wildman–Crippen MR) is 85.1 cm³/mol. The average molecular weight is 299 g/mol. The Morgan fingerprint density at radius 1 is 1.14 bits per heavy atom. The van der Waals surface area contributed by atoms with E-state index in [9.17, 15) is 4.79 Å². The van der Waals surface area contributed by atoms with E-state index in [1.165, 1.54) is 26.4 Å². The van der Waals surface area contributed by atoms with Crippen molar-refractivity contribution in [2.75, 3.05) is 13.7 Å². The second kappa shape index (κ2) is 8.74. The van der Waals surface area contributed by atoms with E-state index in [1.54, 1.807) is 0 Å². The third kappa shape index (κ3) is 6.79. The van der Waals surface area contributed by atoms with Crippen molar-refractivity contribution in [2.24, 2.45) is 0 Å². The summed E-state index contributed by atoms with van der Waals surface area (Å²) >= 11 is 0. The van der Waals surface area contributed by atoms with Gasteiger partial charge in [0.2, 0.25) is 0 Å². The molecule has 0 bridgehead atoms. The van der Waals surface area contributed by atoms with Gasteiger partial charge in [0, 0.05) is 12.0 Å². The summed E-state index contributed by atoms with van der Waals surface area (Å²) in [5.74, 6) is -0.107. The molecule has 1 rings (SSSR count). The molecule has 1 unspecified atom stereocenters. The molecule has 0 aromatic carbocycles. The van der Waals surface area contributed by atoms with Crippen molar-refractivity contribution in [2.45, 2.75) is 89.8 Å². The van der Waals surface area contributed by atoms with E-state index in [0.29, 0.717) is 6.42 Å². The minimum atomic E-state index is -0.149. The first-order chi connectivity index (χ1) is 9.93. The van der Waals surface area contributed by atoms with Crippen molar-refractivity contribution in [3.63, 3.8) is 0 Å². The SMILES string of the molecule is CCCCCC1(CCCCCC(=O)OC)NC(C)(C)CO1. The van der Waals surface area contributed by atoms with E-state index >= 15 is 0 Å². The smallest absolute Gasteiger partial charge is 0.305 e. The molecule has 1 saturated heterocycles. The monoisotopic (exact) mass is 299 g/mol. The molecule has 0 aromatic heterocycles. The Balaban J connectivity index is 2.34. The standard InChI is InChI=1S/C17H33NO3/c1-5-6-9-12-17(18-16(2,3)14-21-17)13-10-7-8-11-15(19)20-4/h18H,5-14H2,1-4H3. The first-order valence-corrected chi connectivity index (χ1v) is 8.43. The van der Waals surface area contributed by atoms with Crippen LogP contribution in [0.3, 0.4) is 0 Å². The summed E-state index contributed by atoms with van der Waals surface area (Å²) in [6, 6.07) is 0. The fraction of sp³-hybridized carbons (Fsp3) is 0.941. The van der Waals surface area contributed by atoms with Crippen LogP contribution in [-0.4, -0.2) is 30.9 Å². The summed E-state index contributed by atoms with van der Waals surface area (Å²) in [4.78, 5) is 11.1. The molecule has 0 saturated carbocycles. The Kier molecular flexibility index (Phi) is 7.67. The lowest BCUT2D eigenvalue weighted by atomic mass is 9.96. The fourth-order valence-corrected chi connectivity index (χ4v) is 3.02. The molecule has 4 heteroatoms. The van der Waals surface area contributed by atoms with Crippen LogP contribution >= 0.6 is 0 Å². The van der Waals surface area contributed by atoms with E-state index in [1.807, 2.05) is 0 Å². The van der Waals surface area contributed by atoms with Crippen molar-refractivity contribution >= 4 is 5.97 Å². The average Bonchev–Trinajstić information content (AvgIpc) is 2.74. The van der Waals surface area contributed by atoms with Gasteiger partial charge >= 0.3 is 5.97 Å². The summed E-state index contributed by atoms with van der Waals surface area (Å²) in [5, 5.41) is 3.70. The molecular formula is C17H33NO3. The third-order valence-electron chi connectivity index (χ3n) is 4.15. The third-order valence-corrected chi connectivity index (χ3v) is 4.15.